The molecule has 0 N–H and O–H groups in total. The summed E-state index contributed by atoms with van der Waals surface area (Å²) in [7, 11) is 0. The summed E-state index contributed by atoms with van der Waals surface area (Å²) in [5.74, 6) is 1.85. The van der Waals surface area contributed by atoms with E-state index in [0.29, 0.717) is 0 Å². The SMILES string of the molecule is Cc1ccc(C)c(-c2ccc(N3c4cc(N(c5ccccc5)c5ccccc5)cc5c4B(c4cc6c(cc4N5c4ccc(C(C)(C)C)cc4)C(C)(C)c4ccccc4O6)c4sc5cc6c(cc5c43)C(C)(C)CCC6(C)C)cc2)c1. The maximum Gasteiger partial charge on any atom is 0.264 e. The average molecular weight is 1050 g/mol. The number of benzene rings is 9. The first-order valence-electron chi connectivity index (χ1n) is 28.4. The van der Waals surface area contributed by atoms with Crippen LogP contribution in [0, 0.1) is 13.8 Å². The Morgan fingerprint density at radius 3 is 1.78 bits per heavy atom. The van der Waals surface area contributed by atoms with Gasteiger partial charge in [0.2, 0.25) is 0 Å². The van der Waals surface area contributed by atoms with E-state index in [2.05, 4.69) is 279 Å². The van der Waals surface area contributed by atoms with Gasteiger partial charge in [0.1, 0.15) is 11.5 Å². The van der Waals surface area contributed by atoms with Crippen LogP contribution in [0.25, 0.3) is 21.2 Å². The van der Waals surface area contributed by atoms with E-state index in [1.807, 2.05) is 11.3 Å². The van der Waals surface area contributed by atoms with Crippen molar-refractivity contribution in [2.45, 2.75) is 111 Å². The first-order valence-corrected chi connectivity index (χ1v) is 29.2. The van der Waals surface area contributed by atoms with Gasteiger partial charge in [0.05, 0.1) is 11.4 Å². The van der Waals surface area contributed by atoms with Gasteiger partial charge in [-0.2, -0.15) is 0 Å². The van der Waals surface area contributed by atoms with Crippen molar-refractivity contribution in [3.05, 3.63) is 227 Å². The smallest absolute Gasteiger partial charge is 0.264 e. The fraction of sp³-hybridized carbons (Fsp3) is 0.233. The second-order valence-electron chi connectivity index (χ2n) is 25.8. The number of ether oxygens (including phenoxy) is 1. The Kier molecular flexibility index (Phi) is 11.0. The number of hydrogen-bond acceptors (Lipinski definition) is 5. The van der Waals surface area contributed by atoms with E-state index in [9.17, 15) is 0 Å². The Bertz CT molecular complexity index is 4050. The molecule has 10 aromatic rings. The van der Waals surface area contributed by atoms with Crippen LogP contribution in [0.4, 0.5) is 51.2 Å². The first-order chi connectivity index (χ1) is 37.9. The molecule has 0 amide bonds. The van der Waals surface area contributed by atoms with Crippen LogP contribution in [0.2, 0.25) is 0 Å². The summed E-state index contributed by atoms with van der Waals surface area (Å²) in [5, 5.41) is 1.31. The normalized spacial score (nSPS) is 16.0. The standard InChI is InChI=1S/C73H68BN3OS/c1-45-26-27-46(2)54(38-45)47-28-32-52(33-29-47)77-63-40-53(75(49-20-14-12-15-21-49)50-22-16-13-17-23-50)39-62-67(63)74(69-68(77)55-41-57-58(43-66(55)79-69)72(8,9)37-36-71(57,6)7)60-44-65-59(73(10,11)56-24-18-19-25-64(56)78-65)42-61(60)76(62)51-34-30-48(31-35-51)70(3,4)5/h12-35,38-44H,36-37H2,1-11H3. The molecule has 9 aromatic carbocycles. The number of para-hydroxylation sites is 3. The van der Waals surface area contributed by atoms with Crippen molar-refractivity contribution in [1.82, 2.24) is 0 Å². The summed E-state index contributed by atoms with van der Waals surface area (Å²) in [6, 6.07) is 71.3. The highest BCUT2D eigenvalue weighted by molar-refractivity contribution is 7.33. The second kappa shape index (κ2) is 17.6. The van der Waals surface area contributed by atoms with Gasteiger partial charge in [-0.15, -0.1) is 11.3 Å². The van der Waals surface area contributed by atoms with Crippen LogP contribution in [0.3, 0.4) is 0 Å². The minimum absolute atomic E-state index is 0.0163. The summed E-state index contributed by atoms with van der Waals surface area (Å²) in [5.41, 5.74) is 24.3. The average Bonchev–Trinajstić information content (AvgIpc) is 3.27. The number of fused-ring (bicyclic) bond motifs is 9. The number of anilines is 9. The lowest BCUT2D eigenvalue weighted by Crippen LogP contribution is -2.60. The highest BCUT2D eigenvalue weighted by atomic mass is 32.1. The molecule has 0 atom stereocenters. The van der Waals surface area contributed by atoms with Crippen LogP contribution in [0.1, 0.15) is 114 Å². The van der Waals surface area contributed by atoms with Crippen LogP contribution in [-0.4, -0.2) is 6.71 Å². The van der Waals surface area contributed by atoms with E-state index >= 15 is 0 Å². The van der Waals surface area contributed by atoms with Gasteiger partial charge in [0, 0.05) is 71.2 Å². The summed E-state index contributed by atoms with van der Waals surface area (Å²) in [4.78, 5) is 7.70. The minimum Gasteiger partial charge on any atom is -0.457 e. The zero-order valence-corrected chi connectivity index (χ0v) is 48.4. The maximum atomic E-state index is 7.13. The Morgan fingerprint density at radius 2 is 1.13 bits per heavy atom. The lowest BCUT2D eigenvalue weighted by molar-refractivity contribution is 0.332. The molecule has 0 fully saturated rings. The molecule has 79 heavy (non-hydrogen) atoms. The Hall–Kier alpha value is -7.80. The maximum absolute atomic E-state index is 7.13. The van der Waals surface area contributed by atoms with Crippen LogP contribution < -0.4 is 35.1 Å². The monoisotopic (exact) mass is 1050 g/mol. The number of aryl methyl sites for hydroxylation is 2. The van der Waals surface area contributed by atoms with E-state index in [4.69, 9.17) is 4.74 Å². The van der Waals surface area contributed by atoms with Gasteiger partial charge >= 0.3 is 0 Å². The molecular formula is C73H68BN3OS. The van der Waals surface area contributed by atoms with Crippen molar-refractivity contribution < 1.29 is 4.74 Å². The van der Waals surface area contributed by atoms with E-state index in [1.165, 1.54) is 98.6 Å². The molecule has 0 bridgehead atoms. The Labute approximate surface area is 472 Å². The van der Waals surface area contributed by atoms with Gasteiger partial charge in [-0.1, -0.05) is 165 Å². The molecule has 0 saturated heterocycles. The number of nitrogens with zero attached hydrogens (tertiary/aromatic N) is 3. The third-order valence-corrected chi connectivity index (χ3v) is 19.5. The van der Waals surface area contributed by atoms with Gasteiger partial charge in [-0.05, 0) is 178 Å². The highest BCUT2D eigenvalue weighted by Crippen LogP contribution is 2.56. The number of thiophene rings is 1. The molecule has 4 nitrogen and oxygen atoms in total. The molecule has 0 spiro atoms. The van der Waals surface area contributed by atoms with Crippen molar-refractivity contribution in [2.24, 2.45) is 0 Å². The second-order valence-corrected chi connectivity index (χ2v) is 26.9. The quantitative estimate of drug-likeness (QED) is 0.155. The highest BCUT2D eigenvalue weighted by Gasteiger charge is 2.49. The molecule has 1 aliphatic carbocycles. The van der Waals surface area contributed by atoms with E-state index < -0.39 is 0 Å². The van der Waals surface area contributed by atoms with Gasteiger partial charge in [0.25, 0.3) is 6.71 Å². The van der Waals surface area contributed by atoms with Crippen molar-refractivity contribution in [3.63, 3.8) is 0 Å². The lowest BCUT2D eigenvalue weighted by Gasteiger charge is -2.45. The Morgan fingerprint density at radius 1 is 0.532 bits per heavy atom. The molecule has 4 aliphatic rings. The fourth-order valence-corrected chi connectivity index (χ4v) is 15.0. The van der Waals surface area contributed by atoms with Gasteiger partial charge in [0.15, 0.2) is 0 Å². The molecule has 6 heteroatoms. The minimum atomic E-state index is -0.334. The van der Waals surface area contributed by atoms with Gasteiger partial charge in [-0.3, -0.25) is 0 Å². The summed E-state index contributed by atoms with van der Waals surface area (Å²) in [6.45, 7) is 25.8. The predicted octanol–water partition coefficient (Wildman–Crippen LogP) is 18.8. The molecule has 4 heterocycles. The topological polar surface area (TPSA) is 19.0 Å². The molecule has 3 aliphatic heterocycles. The van der Waals surface area contributed by atoms with E-state index in [1.54, 1.807) is 0 Å². The predicted molar refractivity (Wildman–Crippen MR) is 338 cm³/mol. The van der Waals surface area contributed by atoms with Crippen LogP contribution in [0.5, 0.6) is 11.5 Å². The fourth-order valence-electron chi connectivity index (χ4n) is 13.7. The lowest BCUT2D eigenvalue weighted by atomic mass is 9.36. The molecular weight excluding hydrogens is 978 g/mol. The molecule has 390 valence electrons. The molecule has 1 aromatic heterocycles. The van der Waals surface area contributed by atoms with Crippen molar-refractivity contribution in [2.75, 3.05) is 14.7 Å². The van der Waals surface area contributed by atoms with Crippen molar-refractivity contribution in [1.29, 1.82) is 0 Å². The van der Waals surface area contributed by atoms with Gasteiger partial charge < -0.3 is 19.4 Å². The van der Waals surface area contributed by atoms with Crippen LogP contribution >= 0.6 is 11.3 Å². The van der Waals surface area contributed by atoms with Crippen molar-refractivity contribution >= 4 is 95.0 Å². The van der Waals surface area contributed by atoms with Gasteiger partial charge in [-0.25, -0.2) is 0 Å². The molecule has 0 unspecified atom stereocenters. The molecule has 0 saturated carbocycles. The third kappa shape index (κ3) is 7.76. The third-order valence-electron chi connectivity index (χ3n) is 18.3. The molecule has 0 radical (unpaired) electrons. The number of rotatable bonds is 6. The summed E-state index contributed by atoms with van der Waals surface area (Å²) >= 11 is 2.00. The van der Waals surface area contributed by atoms with E-state index in [-0.39, 0.29) is 28.4 Å². The van der Waals surface area contributed by atoms with Crippen LogP contribution in [0.15, 0.2) is 188 Å². The van der Waals surface area contributed by atoms with Crippen LogP contribution in [-0.2, 0) is 21.7 Å². The zero-order valence-electron chi connectivity index (χ0n) is 47.5. The summed E-state index contributed by atoms with van der Waals surface area (Å²) in [6.07, 6.45) is 2.30. The Balaban J connectivity index is 1.13. The summed E-state index contributed by atoms with van der Waals surface area (Å²) < 4.78 is 9.83. The first kappa shape index (κ1) is 49.5. The zero-order chi connectivity index (χ0) is 54.5. The number of hydrogen-bond donors (Lipinski definition) is 0. The van der Waals surface area contributed by atoms with Crippen molar-refractivity contribution in [3.8, 4) is 22.6 Å². The van der Waals surface area contributed by atoms with E-state index in [0.717, 1.165) is 52.8 Å². The molecule has 14 rings (SSSR count). The largest absolute Gasteiger partial charge is 0.457 e.